The Labute approximate surface area is 185 Å². The number of aliphatic hydroxyl groups is 1. The van der Waals surface area contributed by atoms with Crippen LogP contribution in [0.25, 0.3) is 0 Å². The minimum atomic E-state index is -1.14. The molecule has 1 aliphatic heterocycles. The van der Waals surface area contributed by atoms with Gasteiger partial charge in [0.15, 0.2) is 0 Å². The van der Waals surface area contributed by atoms with Gasteiger partial charge in [-0.05, 0) is 32.2 Å². The average Bonchev–Trinajstić information content (AvgIpc) is 3.07. The second-order valence-corrected chi connectivity index (χ2v) is 8.23. The lowest BCUT2D eigenvalue weighted by Gasteiger charge is -2.33. The SMILES string of the molecule is Cc1nccn1C[C@@]1(O)CN(C)CCN(C(=O)c2ccnc(Oc3cccc(F)c3)c2)C1. The molecule has 9 heteroatoms. The summed E-state index contributed by atoms with van der Waals surface area (Å²) in [5, 5.41) is 11.4. The van der Waals surface area contributed by atoms with Gasteiger partial charge in [-0.15, -0.1) is 0 Å². The predicted molar refractivity (Wildman–Crippen MR) is 116 cm³/mol. The highest BCUT2D eigenvalue weighted by Crippen LogP contribution is 2.23. The minimum absolute atomic E-state index is 0.177. The van der Waals surface area contributed by atoms with Gasteiger partial charge >= 0.3 is 0 Å². The van der Waals surface area contributed by atoms with Crippen LogP contribution in [0.5, 0.6) is 11.6 Å². The van der Waals surface area contributed by atoms with Crippen LogP contribution in [0.1, 0.15) is 16.2 Å². The fourth-order valence-corrected chi connectivity index (χ4v) is 3.95. The summed E-state index contributed by atoms with van der Waals surface area (Å²) in [7, 11) is 1.93. The van der Waals surface area contributed by atoms with Crippen LogP contribution in [-0.2, 0) is 6.54 Å². The number of likely N-dealkylation sites (N-methyl/N-ethyl adjacent to an activating group) is 1. The van der Waals surface area contributed by atoms with E-state index in [9.17, 15) is 14.3 Å². The van der Waals surface area contributed by atoms with Crippen LogP contribution in [0.15, 0.2) is 55.0 Å². The lowest BCUT2D eigenvalue weighted by atomic mass is 10.0. The number of aryl methyl sites for hydroxylation is 1. The fraction of sp³-hybridized carbons (Fsp3) is 0.348. The van der Waals surface area contributed by atoms with Gasteiger partial charge < -0.3 is 24.2 Å². The number of β-amino-alcohol motifs (C(OH)–C–C–N with tert-alkyl or cyclic N) is 1. The van der Waals surface area contributed by atoms with Gasteiger partial charge in [0.05, 0.1) is 13.1 Å². The van der Waals surface area contributed by atoms with Gasteiger partial charge in [0.2, 0.25) is 5.88 Å². The lowest BCUT2D eigenvalue weighted by molar-refractivity contribution is -0.0116. The third-order valence-electron chi connectivity index (χ3n) is 5.48. The predicted octanol–water partition coefficient (Wildman–Crippen LogP) is 2.34. The molecule has 0 aliphatic carbocycles. The number of ether oxygens (including phenoxy) is 1. The molecule has 1 aromatic carbocycles. The molecule has 0 spiro atoms. The molecule has 1 atom stereocenters. The number of carbonyl (C=O) groups is 1. The molecular weight excluding hydrogens is 413 g/mol. The number of benzene rings is 1. The van der Waals surface area contributed by atoms with Crippen LogP contribution < -0.4 is 4.74 Å². The molecule has 0 radical (unpaired) electrons. The first-order valence-corrected chi connectivity index (χ1v) is 10.4. The molecule has 2 aromatic heterocycles. The van der Waals surface area contributed by atoms with Crippen LogP contribution in [-0.4, -0.2) is 74.2 Å². The molecule has 32 heavy (non-hydrogen) atoms. The summed E-state index contributed by atoms with van der Waals surface area (Å²) in [4.78, 5) is 25.3. The Balaban J connectivity index is 1.53. The zero-order valence-corrected chi connectivity index (χ0v) is 18.1. The third kappa shape index (κ3) is 5.12. The first-order chi connectivity index (χ1) is 15.3. The van der Waals surface area contributed by atoms with Crippen molar-refractivity contribution in [3.8, 4) is 11.6 Å². The monoisotopic (exact) mass is 439 g/mol. The number of hydrogen-bond acceptors (Lipinski definition) is 6. The number of carbonyl (C=O) groups excluding carboxylic acids is 1. The first-order valence-electron chi connectivity index (χ1n) is 10.4. The molecular formula is C23H26FN5O3. The second-order valence-electron chi connectivity index (χ2n) is 8.23. The van der Waals surface area contributed by atoms with Crippen LogP contribution in [0.2, 0.25) is 0 Å². The Morgan fingerprint density at radius 3 is 2.78 bits per heavy atom. The van der Waals surface area contributed by atoms with E-state index in [-0.39, 0.29) is 18.3 Å². The van der Waals surface area contributed by atoms with E-state index in [0.29, 0.717) is 37.5 Å². The van der Waals surface area contributed by atoms with Gasteiger partial charge in [0.25, 0.3) is 5.91 Å². The van der Waals surface area contributed by atoms with Gasteiger partial charge in [0, 0.05) is 55.9 Å². The summed E-state index contributed by atoms with van der Waals surface area (Å²) in [5.74, 6) is 0.640. The molecule has 3 heterocycles. The Hall–Kier alpha value is -3.30. The maximum atomic E-state index is 13.4. The van der Waals surface area contributed by atoms with Crippen LogP contribution in [0.4, 0.5) is 4.39 Å². The summed E-state index contributed by atoms with van der Waals surface area (Å²) in [6, 6.07) is 8.86. The van der Waals surface area contributed by atoms with Crippen LogP contribution in [0, 0.1) is 12.7 Å². The van der Waals surface area contributed by atoms with Crippen molar-refractivity contribution in [2.24, 2.45) is 0 Å². The summed E-state index contributed by atoms with van der Waals surface area (Å²) in [6.07, 6.45) is 5.00. The van der Waals surface area contributed by atoms with Crippen molar-refractivity contribution in [1.29, 1.82) is 0 Å². The highest BCUT2D eigenvalue weighted by atomic mass is 19.1. The lowest BCUT2D eigenvalue weighted by Crippen LogP contribution is -2.50. The van der Waals surface area contributed by atoms with Crippen molar-refractivity contribution >= 4 is 5.91 Å². The Morgan fingerprint density at radius 1 is 1.19 bits per heavy atom. The number of imidazole rings is 1. The normalized spacial score (nSPS) is 19.6. The Bertz CT molecular complexity index is 1100. The van der Waals surface area contributed by atoms with Gasteiger partial charge in [-0.1, -0.05) is 6.07 Å². The number of rotatable bonds is 5. The minimum Gasteiger partial charge on any atom is -0.439 e. The van der Waals surface area contributed by atoms with E-state index in [4.69, 9.17) is 4.74 Å². The molecule has 1 aliphatic rings. The van der Waals surface area contributed by atoms with E-state index < -0.39 is 11.4 Å². The van der Waals surface area contributed by atoms with Crippen molar-refractivity contribution < 1.29 is 19.0 Å². The molecule has 0 saturated carbocycles. The molecule has 1 amide bonds. The maximum absolute atomic E-state index is 13.4. The van der Waals surface area contributed by atoms with Crippen molar-refractivity contribution in [3.05, 3.63) is 72.2 Å². The van der Waals surface area contributed by atoms with Gasteiger partial charge in [-0.3, -0.25) is 4.79 Å². The standard InChI is InChI=1S/C23H26FN5O3/c1-17-25-8-9-28(17)15-23(31)14-27(2)10-11-29(16-23)22(30)18-6-7-26-21(12-18)32-20-5-3-4-19(24)13-20/h3-9,12-13,31H,10-11,14-16H2,1-2H3/t23-/m0/s1. The zero-order chi connectivity index (χ0) is 22.7. The largest absolute Gasteiger partial charge is 0.439 e. The number of nitrogens with zero attached hydrogens (tertiary/aromatic N) is 5. The van der Waals surface area contributed by atoms with E-state index >= 15 is 0 Å². The van der Waals surface area contributed by atoms with Gasteiger partial charge in [-0.2, -0.15) is 0 Å². The Morgan fingerprint density at radius 2 is 2.03 bits per heavy atom. The number of pyridine rings is 1. The quantitative estimate of drug-likeness (QED) is 0.657. The van der Waals surface area contributed by atoms with Crippen molar-refractivity contribution in [3.63, 3.8) is 0 Å². The molecule has 168 valence electrons. The average molecular weight is 439 g/mol. The molecule has 0 bridgehead atoms. The second kappa shape index (κ2) is 9.05. The number of aromatic nitrogens is 3. The maximum Gasteiger partial charge on any atom is 0.254 e. The highest BCUT2D eigenvalue weighted by molar-refractivity contribution is 5.94. The summed E-state index contributed by atoms with van der Waals surface area (Å²) in [5.41, 5.74) is -0.752. The number of amides is 1. The van der Waals surface area contributed by atoms with Crippen LogP contribution in [0.3, 0.4) is 0 Å². The van der Waals surface area contributed by atoms with Gasteiger partial charge in [-0.25, -0.2) is 14.4 Å². The summed E-state index contributed by atoms with van der Waals surface area (Å²) >= 11 is 0. The summed E-state index contributed by atoms with van der Waals surface area (Å²) in [6.45, 7) is 3.92. The third-order valence-corrected chi connectivity index (χ3v) is 5.48. The summed E-state index contributed by atoms with van der Waals surface area (Å²) < 4.78 is 20.9. The van der Waals surface area contributed by atoms with Crippen molar-refractivity contribution in [2.75, 3.05) is 33.2 Å². The van der Waals surface area contributed by atoms with Crippen molar-refractivity contribution in [1.82, 2.24) is 24.3 Å². The van der Waals surface area contributed by atoms with E-state index in [0.717, 1.165) is 5.82 Å². The van der Waals surface area contributed by atoms with E-state index in [2.05, 4.69) is 9.97 Å². The molecule has 4 rings (SSSR count). The first kappa shape index (κ1) is 21.9. The van der Waals surface area contributed by atoms with Crippen molar-refractivity contribution in [2.45, 2.75) is 19.1 Å². The topological polar surface area (TPSA) is 83.7 Å². The Kier molecular flexibility index (Phi) is 6.20. The smallest absolute Gasteiger partial charge is 0.254 e. The molecule has 1 fully saturated rings. The molecule has 1 saturated heterocycles. The molecule has 8 nitrogen and oxygen atoms in total. The van der Waals surface area contributed by atoms with E-state index in [1.807, 2.05) is 29.6 Å². The van der Waals surface area contributed by atoms with Gasteiger partial charge in [0.1, 0.15) is 23.0 Å². The number of hydrogen-bond donors (Lipinski definition) is 1. The number of halogens is 1. The fourth-order valence-electron chi connectivity index (χ4n) is 3.95. The highest BCUT2D eigenvalue weighted by Gasteiger charge is 2.36. The molecule has 0 unspecified atom stereocenters. The molecule has 3 aromatic rings. The zero-order valence-electron chi connectivity index (χ0n) is 18.1. The van der Waals surface area contributed by atoms with E-state index in [1.54, 1.807) is 23.2 Å². The van der Waals surface area contributed by atoms with Crippen LogP contribution >= 0.6 is 0 Å². The van der Waals surface area contributed by atoms with E-state index in [1.165, 1.54) is 30.5 Å². The molecule has 1 N–H and O–H groups in total.